The molecule has 1 aliphatic heterocycles. The van der Waals surface area contributed by atoms with Crippen LogP contribution in [-0.4, -0.2) is 35.4 Å². The minimum atomic E-state index is 0.511. The van der Waals surface area contributed by atoms with Gasteiger partial charge in [0.2, 0.25) is 5.95 Å². The van der Waals surface area contributed by atoms with Crippen molar-refractivity contribution < 1.29 is 4.74 Å². The molecular formula is C19H21N5O. The Kier molecular flexibility index (Phi) is 4.35. The highest BCUT2D eigenvalue weighted by Crippen LogP contribution is 2.33. The maximum atomic E-state index is 5.59. The molecule has 3 N–H and O–H groups in total. The molecule has 2 aromatic carbocycles. The van der Waals surface area contributed by atoms with Crippen molar-refractivity contribution in [1.29, 1.82) is 0 Å². The first-order valence-electron chi connectivity index (χ1n) is 8.47. The summed E-state index contributed by atoms with van der Waals surface area (Å²) in [6.07, 6.45) is 1.14. The Hall–Kier alpha value is -2.86. The van der Waals surface area contributed by atoms with Crippen LogP contribution in [0.3, 0.4) is 0 Å². The van der Waals surface area contributed by atoms with Crippen LogP contribution in [-0.2, 0) is 0 Å². The van der Waals surface area contributed by atoms with Gasteiger partial charge in [0.1, 0.15) is 5.75 Å². The molecule has 0 aliphatic carbocycles. The molecule has 0 spiro atoms. The van der Waals surface area contributed by atoms with Gasteiger partial charge in [0.05, 0.1) is 7.11 Å². The van der Waals surface area contributed by atoms with Gasteiger partial charge >= 0.3 is 0 Å². The lowest BCUT2D eigenvalue weighted by molar-refractivity contribution is 0.406. The van der Waals surface area contributed by atoms with E-state index in [0.717, 1.165) is 42.3 Å². The maximum absolute atomic E-state index is 5.59. The van der Waals surface area contributed by atoms with E-state index < -0.39 is 0 Å². The molecular weight excluding hydrogens is 314 g/mol. The minimum Gasteiger partial charge on any atom is -0.496 e. The highest BCUT2D eigenvalue weighted by Gasteiger charge is 2.20. The van der Waals surface area contributed by atoms with Crippen LogP contribution in [0, 0.1) is 0 Å². The molecule has 128 valence electrons. The number of methoxy groups -OCH3 is 1. The lowest BCUT2D eigenvalue weighted by atomic mass is 9.97. The predicted octanol–water partition coefficient (Wildman–Crippen LogP) is 3.30. The number of benzene rings is 2. The van der Waals surface area contributed by atoms with Crippen molar-refractivity contribution in [2.24, 2.45) is 0 Å². The highest BCUT2D eigenvalue weighted by atomic mass is 16.5. The molecule has 25 heavy (non-hydrogen) atoms. The van der Waals surface area contributed by atoms with Crippen molar-refractivity contribution in [1.82, 2.24) is 20.5 Å². The summed E-state index contributed by atoms with van der Waals surface area (Å²) in [4.78, 5) is 4.50. The molecule has 0 saturated carbocycles. The average molecular weight is 335 g/mol. The Morgan fingerprint density at radius 1 is 1.16 bits per heavy atom. The number of H-pyrrole nitrogens is 1. The fraction of sp³-hybridized carbons (Fsp3) is 0.263. The standard InChI is InChI=1S/C19H21N5O/c1-25-17-11-15(7-8-16(17)14-9-10-20-12-14)21-19-22-18(23-24-19)13-5-3-2-4-6-13/h2-8,11,14,20H,9-10,12H2,1H3,(H2,21,22,23,24). The molecule has 2 heterocycles. The number of hydrogen-bond acceptors (Lipinski definition) is 5. The quantitative estimate of drug-likeness (QED) is 0.667. The zero-order valence-electron chi connectivity index (χ0n) is 14.1. The monoisotopic (exact) mass is 335 g/mol. The number of aromatic amines is 1. The molecule has 1 unspecified atom stereocenters. The molecule has 6 heteroatoms. The number of rotatable bonds is 5. The second-order valence-electron chi connectivity index (χ2n) is 6.15. The van der Waals surface area contributed by atoms with Crippen molar-refractivity contribution in [2.45, 2.75) is 12.3 Å². The first-order chi connectivity index (χ1) is 12.3. The molecule has 1 aliphatic rings. The molecule has 1 aromatic heterocycles. The van der Waals surface area contributed by atoms with Crippen molar-refractivity contribution in [2.75, 3.05) is 25.5 Å². The minimum absolute atomic E-state index is 0.511. The third-order valence-corrected chi connectivity index (χ3v) is 4.52. The summed E-state index contributed by atoms with van der Waals surface area (Å²) >= 11 is 0. The Morgan fingerprint density at radius 2 is 2.04 bits per heavy atom. The van der Waals surface area contributed by atoms with Crippen LogP contribution in [0.1, 0.15) is 17.9 Å². The van der Waals surface area contributed by atoms with Crippen LogP contribution in [0.5, 0.6) is 5.75 Å². The Balaban J connectivity index is 1.54. The summed E-state index contributed by atoms with van der Waals surface area (Å²) in [6.45, 7) is 2.07. The van der Waals surface area contributed by atoms with E-state index in [1.54, 1.807) is 7.11 Å². The number of nitrogens with one attached hydrogen (secondary N) is 3. The van der Waals surface area contributed by atoms with Gasteiger partial charge in [-0.3, -0.25) is 5.10 Å². The van der Waals surface area contributed by atoms with Gasteiger partial charge in [-0.25, -0.2) is 0 Å². The number of nitrogens with zero attached hydrogens (tertiary/aromatic N) is 2. The SMILES string of the molecule is COc1cc(Nc2n[nH]c(-c3ccccc3)n2)ccc1C1CCNC1. The van der Waals surface area contributed by atoms with Gasteiger partial charge in [-0.15, -0.1) is 5.10 Å². The summed E-state index contributed by atoms with van der Waals surface area (Å²) in [5.41, 5.74) is 3.16. The second kappa shape index (κ2) is 6.94. The molecule has 1 atom stereocenters. The van der Waals surface area contributed by atoms with Crippen molar-refractivity contribution in [3.05, 3.63) is 54.1 Å². The summed E-state index contributed by atoms with van der Waals surface area (Å²) in [5, 5.41) is 13.8. The largest absolute Gasteiger partial charge is 0.496 e. The van der Waals surface area contributed by atoms with E-state index in [1.165, 1.54) is 5.56 Å². The summed E-state index contributed by atoms with van der Waals surface area (Å²) in [6, 6.07) is 16.1. The number of ether oxygens (including phenoxy) is 1. The fourth-order valence-electron chi connectivity index (χ4n) is 3.22. The van der Waals surface area contributed by atoms with Crippen LogP contribution in [0.15, 0.2) is 48.5 Å². The maximum Gasteiger partial charge on any atom is 0.246 e. The molecule has 6 nitrogen and oxygen atoms in total. The molecule has 0 radical (unpaired) electrons. The van der Waals surface area contributed by atoms with Gasteiger partial charge in [0, 0.05) is 29.8 Å². The molecule has 1 fully saturated rings. The Labute approximate surface area is 146 Å². The third-order valence-electron chi connectivity index (χ3n) is 4.52. The highest BCUT2D eigenvalue weighted by molar-refractivity contribution is 5.61. The van der Waals surface area contributed by atoms with Crippen LogP contribution in [0.4, 0.5) is 11.6 Å². The lowest BCUT2D eigenvalue weighted by Crippen LogP contribution is -2.08. The molecule has 4 rings (SSSR count). The smallest absolute Gasteiger partial charge is 0.246 e. The van der Waals surface area contributed by atoms with Gasteiger partial charge in [0.25, 0.3) is 0 Å². The van der Waals surface area contributed by atoms with E-state index in [-0.39, 0.29) is 0 Å². The van der Waals surface area contributed by atoms with E-state index in [9.17, 15) is 0 Å². The first kappa shape index (κ1) is 15.7. The topological polar surface area (TPSA) is 74.9 Å². The lowest BCUT2D eigenvalue weighted by Gasteiger charge is -2.15. The van der Waals surface area contributed by atoms with Gasteiger partial charge in [0.15, 0.2) is 5.82 Å². The van der Waals surface area contributed by atoms with E-state index in [4.69, 9.17) is 4.74 Å². The van der Waals surface area contributed by atoms with E-state index in [1.807, 2.05) is 36.4 Å². The molecule has 1 saturated heterocycles. The Bertz CT molecular complexity index is 840. The van der Waals surface area contributed by atoms with Crippen LogP contribution < -0.4 is 15.4 Å². The number of hydrogen-bond donors (Lipinski definition) is 3. The van der Waals surface area contributed by atoms with Crippen molar-refractivity contribution in [3.8, 4) is 17.1 Å². The van der Waals surface area contributed by atoms with Crippen LogP contribution >= 0.6 is 0 Å². The zero-order valence-corrected chi connectivity index (χ0v) is 14.1. The van der Waals surface area contributed by atoms with Gasteiger partial charge in [-0.05, 0) is 24.6 Å². The third kappa shape index (κ3) is 3.34. The first-order valence-corrected chi connectivity index (χ1v) is 8.47. The Morgan fingerprint density at radius 3 is 2.80 bits per heavy atom. The van der Waals surface area contributed by atoms with E-state index in [2.05, 4.69) is 37.9 Å². The van der Waals surface area contributed by atoms with Crippen molar-refractivity contribution in [3.63, 3.8) is 0 Å². The summed E-state index contributed by atoms with van der Waals surface area (Å²) in [7, 11) is 1.71. The normalized spacial score (nSPS) is 16.8. The fourth-order valence-corrected chi connectivity index (χ4v) is 3.22. The molecule has 3 aromatic rings. The number of anilines is 2. The summed E-state index contributed by atoms with van der Waals surface area (Å²) < 4.78 is 5.59. The van der Waals surface area contributed by atoms with Crippen LogP contribution in [0.2, 0.25) is 0 Å². The average Bonchev–Trinajstić information content (AvgIpc) is 3.34. The number of aromatic nitrogens is 3. The van der Waals surface area contributed by atoms with Gasteiger partial charge in [-0.1, -0.05) is 36.4 Å². The van der Waals surface area contributed by atoms with Gasteiger partial charge < -0.3 is 15.4 Å². The second-order valence-corrected chi connectivity index (χ2v) is 6.15. The van der Waals surface area contributed by atoms with Crippen LogP contribution in [0.25, 0.3) is 11.4 Å². The van der Waals surface area contributed by atoms with Gasteiger partial charge in [-0.2, -0.15) is 4.98 Å². The molecule has 0 bridgehead atoms. The van der Waals surface area contributed by atoms with Crippen molar-refractivity contribution >= 4 is 11.6 Å². The van der Waals surface area contributed by atoms with E-state index in [0.29, 0.717) is 11.9 Å². The summed E-state index contributed by atoms with van der Waals surface area (Å²) in [5.74, 6) is 2.69. The zero-order chi connectivity index (χ0) is 17.1. The molecule has 0 amide bonds. The predicted molar refractivity (Wildman–Crippen MR) is 98.3 cm³/mol. The van der Waals surface area contributed by atoms with E-state index >= 15 is 0 Å².